The molecule has 2 aromatic rings. The number of hydrogen-bond donors (Lipinski definition) is 1. The first-order valence-corrected chi connectivity index (χ1v) is 7.07. The summed E-state index contributed by atoms with van der Waals surface area (Å²) < 4.78 is 41.7. The number of halogens is 3. The highest BCUT2D eigenvalue weighted by Crippen LogP contribution is 2.31. The van der Waals surface area contributed by atoms with E-state index in [1.807, 2.05) is 6.92 Å². The third-order valence-electron chi connectivity index (χ3n) is 3.85. The first kappa shape index (κ1) is 14.1. The predicted octanol–water partition coefficient (Wildman–Crippen LogP) is 3.28. The van der Waals surface area contributed by atoms with Crippen molar-refractivity contribution in [2.75, 3.05) is 6.54 Å². The molecular formula is C15H16F3N3. The highest BCUT2D eigenvalue weighted by Gasteiger charge is 2.25. The van der Waals surface area contributed by atoms with Gasteiger partial charge >= 0.3 is 0 Å². The fourth-order valence-electron chi connectivity index (χ4n) is 2.90. The smallest absolute Gasteiger partial charge is 0.161 e. The molecule has 3 nitrogen and oxygen atoms in total. The van der Waals surface area contributed by atoms with Gasteiger partial charge in [-0.1, -0.05) is 6.92 Å². The molecule has 0 saturated heterocycles. The van der Waals surface area contributed by atoms with Crippen molar-refractivity contribution in [3.63, 3.8) is 0 Å². The van der Waals surface area contributed by atoms with Crippen molar-refractivity contribution in [1.82, 2.24) is 15.1 Å². The van der Waals surface area contributed by atoms with Crippen molar-refractivity contribution in [2.45, 2.75) is 32.2 Å². The summed E-state index contributed by atoms with van der Waals surface area (Å²) in [7, 11) is 0. The second-order valence-electron chi connectivity index (χ2n) is 5.18. The van der Waals surface area contributed by atoms with Gasteiger partial charge in [-0.05, 0) is 25.8 Å². The Morgan fingerprint density at radius 1 is 1.24 bits per heavy atom. The Labute approximate surface area is 120 Å². The van der Waals surface area contributed by atoms with Gasteiger partial charge in [0.25, 0.3) is 0 Å². The van der Waals surface area contributed by atoms with Gasteiger partial charge < -0.3 is 5.32 Å². The Morgan fingerprint density at radius 2 is 2.00 bits per heavy atom. The van der Waals surface area contributed by atoms with Crippen LogP contribution in [0.4, 0.5) is 13.2 Å². The number of hydrogen-bond acceptors (Lipinski definition) is 2. The van der Waals surface area contributed by atoms with Crippen LogP contribution in [0.1, 0.15) is 37.1 Å². The Kier molecular flexibility index (Phi) is 3.71. The third-order valence-corrected chi connectivity index (χ3v) is 3.85. The van der Waals surface area contributed by atoms with Crippen LogP contribution in [0.5, 0.6) is 0 Å². The van der Waals surface area contributed by atoms with Gasteiger partial charge in [0.1, 0.15) is 5.69 Å². The van der Waals surface area contributed by atoms with Gasteiger partial charge in [-0.25, -0.2) is 17.9 Å². The first-order valence-electron chi connectivity index (χ1n) is 7.07. The summed E-state index contributed by atoms with van der Waals surface area (Å²) in [6.07, 6.45) is 4.37. The van der Waals surface area contributed by atoms with Crippen LogP contribution >= 0.6 is 0 Å². The summed E-state index contributed by atoms with van der Waals surface area (Å²) in [6, 6.07) is 1.60. The summed E-state index contributed by atoms with van der Waals surface area (Å²) in [5, 5.41) is 7.54. The third kappa shape index (κ3) is 2.44. The van der Waals surface area contributed by atoms with Crippen LogP contribution in [0.15, 0.2) is 18.3 Å². The molecule has 1 aromatic carbocycles. The zero-order chi connectivity index (χ0) is 15.0. The molecule has 0 amide bonds. The molecule has 1 atom stereocenters. The topological polar surface area (TPSA) is 29.9 Å². The number of nitrogens with zero attached hydrogens (tertiary/aromatic N) is 2. The minimum absolute atomic E-state index is 0.0488. The van der Waals surface area contributed by atoms with E-state index >= 15 is 0 Å². The van der Waals surface area contributed by atoms with Crippen molar-refractivity contribution >= 4 is 0 Å². The minimum atomic E-state index is -1.19. The number of rotatable bonds is 3. The molecule has 1 aromatic heterocycles. The fourth-order valence-corrected chi connectivity index (χ4v) is 2.90. The van der Waals surface area contributed by atoms with E-state index < -0.39 is 17.5 Å². The maximum absolute atomic E-state index is 13.9. The van der Waals surface area contributed by atoms with Crippen LogP contribution < -0.4 is 5.32 Å². The molecule has 0 spiro atoms. The predicted molar refractivity (Wildman–Crippen MR) is 72.8 cm³/mol. The molecule has 1 aliphatic carbocycles. The lowest BCUT2D eigenvalue weighted by atomic mass is 9.93. The van der Waals surface area contributed by atoms with Gasteiger partial charge in [-0.15, -0.1) is 0 Å². The number of aromatic nitrogens is 2. The van der Waals surface area contributed by atoms with Crippen LogP contribution in [0.3, 0.4) is 0 Å². The van der Waals surface area contributed by atoms with Crippen LogP contribution in [-0.2, 0) is 6.42 Å². The van der Waals surface area contributed by atoms with E-state index in [1.165, 1.54) is 4.68 Å². The van der Waals surface area contributed by atoms with Crippen molar-refractivity contribution in [3.8, 4) is 5.69 Å². The average molecular weight is 295 g/mol. The molecule has 6 heteroatoms. The van der Waals surface area contributed by atoms with Gasteiger partial charge in [-0.3, -0.25) is 0 Å². The number of nitrogens with one attached hydrogen (secondary N) is 1. The highest BCUT2D eigenvalue weighted by molar-refractivity contribution is 5.39. The molecule has 112 valence electrons. The maximum atomic E-state index is 13.9. The summed E-state index contributed by atoms with van der Waals surface area (Å²) in [6.45, 7) is 2.85. The Bertz CT molecular complexity index is 666. The highest BCUT2D eigenvalue weighted by atomic mass is 19.2. The van der Waals surface area contributed by atoms with Crippen molar-refractivity contribution in [2.24, 2.45) is 0 Å². The minimum Gasteiger partial charge on any atom is -0.310 e. The molecule has 0 saturated carbocycles. The van der Waals surface area contributed by atoms with Crippen molar-refractivity contribution in [3.05, 3.63) is 47.0 Å². The molecule has 0 radical (unpaired) electrons. The molecular weight excluding hydrogens is 279 g/mol. The molecule has 0 bridgehead atoms. The van der Waals surface area contributed by atoms with Crippen LogP contribution in [0.25, 0.3) is 5.69 Å². The van der Waals surface area contributed by atoms with Gasteiger partial charge in [0, 0.05) is 29.4 Å². The quantitative estimate of drug-likeness (QED) is 0.881. The molecule has 1 aliphatic rings. The van der Waals surface area contributed by atoms with E-state index in [2.05, 4.69) is 10.4 Å². The van der Waals surface area contributed by atoms with E-state index in [9.17, 15) is 13.2 Å². The van der Waals surface area contributed by atoms with E-state index in [4.69, 9.17) is 0 Å². The largest absolute Gasteiger partial charge is 0.310 e. The zero-order valence-corrected chi connectivity index (χ0v) is 11.7. The second kappa shape index (κ2) is 5.52. The average Bonchev–Trinajstić information content (AvgIpc) is 2.88. The Morgan fingerprint density at radius 3 is 2.76 bits per heavy atom. The van der Waals surface area contributed by atoms with Crippen LogP contribution in [0.2, 0.25) is 0 Å². The van der Waals surface area contributed by atoms with Gasteiger partial charge in [0.05, 0.1) is 6.20 Å². The summed E-state index contributed by atoms with van der Waals surface area (Å²) in [5.74, 6) is -3.08. The molecule has 21 heavy (non-hydrogen) atoms. The summed E-state index contributed by atoms with van der Waals surface area (Å²) >= 11 is 0. The Balaban J connectivity index is 2.07. The van der Waals surface area contributed by atoms with E-state index in [0.29, 0.717) is 6.07 Å². The molecule has 0 aliphatic heterocycles. The van der Waals surface area contributed by atoms with E-state index in [0.717, 1.165) is 43.1 Å². The maximum Gasteiger partial charge on any atom is 0.161 e. The molecule has 1 N–H and O–H groups in total. The first-order chi connectivity index (χ1) is 10.1. The monoisotopic (exact) mass is 295 g/mol. The van der Waals surface area contributed by atoms with Gasteiger partial charge in [0.15, 0.2) is 17.5 Å². The standard InChI is InChI=1S/C15H16F3N3/c1-2-19-13-4-3-5-14-9(13)8-20-21(14)15-7-11(17)10(16)6-12(15)18/h6-8,13,19H,2-5H2,1H3. The second-order valence-corrected chi connectivity index (χ2v) is 5.18. The van der Waals surface area contributed by atoms with Crippen molar-refractivity contribution in [1.29, 1.82) is 0 Å². The molecule has 1 heterocycles. The molecule has 0 fully saturated rings. The SMILES string of the molecule is CCNC1CCCc2c1cnn2-c1cc(F)c(F)cc1F. The van der Waals surface area contributed by atoms with E-state index in [-0.39, 0.29) is 11.7 Å². The van der Waals surface area contributed by atoms with Gasteiger partial charge in [0.2, 0.25) is 0 Å². The molecule has 3 rings (SSSR count). The lowest BCUT2D eigenvalue weighted by molar-refractivity contribution is 0.464. The lowest BCUT2D eigenvalue weighted by Gasteiger charge is -2.23. The van der Waals surface area contributed by atoms with Gasteiger partial charge in [-0.2, -0.15) is 5.10 Å². The normalized spacial score (nSPS) is 17.8. The van der Waals surface area contributed by atoms with Crippen molar-refractivity contribution < 1.29 is 13.2 Å². The summed E-state index contributed by atoms with van der Waals surface area (Å²) in [4.78, 5) is 0. The van der Waals surface area contributed by atoms with E-state index in [1.54, 1.807) is 6.20 Å². The summed E-state index contributed by atoms with van der Waals surface area (Å²) in [5.41, 5.74) is 1.82. The number of fused-ring (bicyclic) bond motifs is 1. The lowest BCUT2D eigenvalue weighted by Crippen LogP contribution is -2.25. The zero-order valence-electron chi connectivity index (χ0n) is 11.7. The Hall–Kier alpha value is -1.82. The fraction of sp³-hybridized carbons (Fsp3) is 0.400. The van der Waals surface area contributed by atoms with Crippen LogP contribution in [0, 0.1) is 17.5 Å². The number of benzene rings is 1. The molecule has 1 unspecified atom stereocenters. The van der Waals surface area contributed by atoms with Crippen LogP contribution in [-0.4, -0.2) is 16.3 Å².